The second kappa shape index (κ2) is 2.88. The summed E-state index contributed by atoms with van der Waals surface area (Å²) < 4.78 is 0. The molecule has 0 amide bonds. The van der Waals surface area contributed by atoms with Crippen molar-refractivity contribution in [2.45, 2.75) is 6.92 Å². The molecule has 0 aliphatic rings. The van der Waals surface area contributed by atoms with E-state index < -0.39 is 0 Å². The molecule has 1 heterocycles. The highest BCUT2D eigenvalue weighted by Crippen LogP contribution is 2.06. The molecule has 0 saturated carbocycles. The van der Waals surface area contributed by atoms with Gasteiger partial charge in [0, 0.05) is 11.8 Å². The number of aromatic nitrogens is 1. The number of nitriles is 1. The van der Waals surface area contributed by atoms with E-state index in [1.54, 1.807) is 6.20 Å². The van der Waals surface area contributed by atoms with Crippen molar-refractivity contribution in [3.8, 4) is 6.07 Å². The first kappa shape index (κ1) is 6.63. The van der Waals surface area contributed by atoms with Crippen LogP contribution >= 0.6 is 0 Å². The average molecular weight is 132 g/mol. The molecule has 50 valence electrons. The van der Waals surface area contributed by atoms with Crippen molar-refractivity contribution in [3.05, 3.63) is 29.6 Å². The quantitative estimate of drug-likeness (QED) is 0.623. The predicted octanol–water partition coefficient (Wildman–Crippen LogP) is 1.92. The second-order valence-corrected chi connectivity index (χ2v) is 1.92. The van der Waals surface area contributed by atoms with Gasteiger partial charge < -0.3 is 4.98 Å². The topological polar surface area (TPSA) is 39.6 Å². The van der Waals surface area contributed by atoms with Crippen molar-refractivity contribution in [1.82, 2.24) is 4.98 Å². The fourth-order valence-corrected chi connectivity index (χ4v) is 0.797. The molecular weight excluding hydrogens is 124 g/mol. The van der Waals surface area contributed by atoms with Crippen molar-refractivity contribution in [1.29, 1.82) is 5.26 Å². The lowest BCUT2D eigenvalue weighted by Crippen LogP contribution is -1.74. The molecule has 2 nitrogen and oxygen atoms in total. The van der Waals surface area contributed by atoms with Crippen LogP contribution in [0.2, 0.25) is 0 Å². The van der Waals surface area contributed by atoms with Crippen molar-refractivity contribution >= 4 is 6.08 Å². The van der Waals surface area contributed by atoms with E-state index in [-0.39, 0.29) is 0 Å². The lowest BCUT2D eigenvalue weighted by Gasteiger charge is -1.83. The molecule has 0 spiro atoms. The van der Waals surface area contributed by atoms with Crippen LogP contribution in [0, 0.1) is 11.3 Å². The van der Waals surface area contributed by atoms with Crippen LogP contribution in [0.25, 0.3) is 6.08 Å². The maximum absolute atomic E-state index is 8.52. The monoisotopic (exact) mass is 132 g/mol. The van der Waals surface area contributed by atoms with Gasteiger partial charge in [-0.3, -0.25) is 0 Å². The number of rotatable bonds is 1. The summed E-state index contributed by atoms with van der Waals surface area (Å²) >= 11 is 0. The molecule has 2 heteroatoms. The summed E-state index contributed by atoms with van der Waals surface area (Å²) in [6, 6.07) is 3.93. The molecule has 0 unspecified atom stereocenters. The molecule has 0 radical (unpaired) electrons. The number of allylic oxidation sites excluding steroid dienone is 1. The molecule has 1 aromatic heterocycles. The van der Waals surface area contributed by atoms with E-state index in [1.165, 1.54) is 0 Å². The van der Waals surface area contributed by atoms with Gasteiger partial charge in [-0.05, 0) is 13.0 Å². The third-order valence-corrected chi connectivity index (χ3v) is 1.24. The van der Waals surface area contributed by atoms with Gasteiger partial charge in [-0.15, -0.1) is 0 Å². The molecule has 0 atom stereocenters. The molecule has 0 bridgehead atoms. The van der Waals surface area contributed by atoms with Crippen LogP contribution in [-0.4, -0.2) is 4.98 Å². The summed E-state index contributed by atoms with van der Waals surface area (Å²) in [4.78, 5) is 2.83. The van der Waals surface area contributed by atoms with E-state index in [9.17, 15) is 0 Å². The summed E-state index contributed by atoms with van der Waals surface area (Å²) in [6.07, 6.45) is 5.56. The zero-order chi connectivity index (χ0) is 7.40. The Morgan fingerprint density at radius 2 is 2.50 bits per heavy atom. The number of aromatic amines is 1. The van der Waals surface area contributed by atoms with Crippen LogP contribution < -0.4 is 0 Å². The van der Waals surface area contributed by atoms with Gasteiger partial charge in [0.15, 0.2) is 0 Å². The molecule has 10 heavy (non-hydrogen) atoms. The van der Waals surface area contributed by atoms with Crippen molar-refractivity contribution in [2.75, 3.05) is 0 Å². The van der Waals surface area contributed by atoms with Crippen molar-refractivity contribution in [2.24, 2.45) is 0 Å². The molecule has 1 aromatic rings. The Labute approximate surface area is 59.8 Å². The predicted molar refractivity (Wildman–Crippen MR) is 40.2 cm³/mol. The fraction of sp³-hybridized carbons (Fsp3) is 0.125. The molecule has 1 rings (SSSR count). The number of nitrogens with zero attached hydrogens (tertiary/aromatic N) is 1. The van der Waals surface area contributed by atoms with Crippen LogP contribution in [0.3, 0.4) is 0 Å². The van der Waals surface area contributed by atoms with Gasteiger partial charge >= 0.3 is 0 Å². The van der Waals surface area contributed by atoms with Crippen LogP contribution in [-0.2, 0) is 0 Å². The minimum atomic E-state index is 0.623. The number of hydrogen-bond donors (Lipinski definition) is 1. The van der Waals surface area contributed by atoms with E-state index in [0.717, 1.165) is 5.56 Å². The van der Waals surface area contributed by atoms with Crippen LogP contribution in [0.4, 0.5) is 0 Å². The zero-order valence-corrected chi connectivity index (χ0v) is 5.76. The van der Waals surface area contributed by atoms with Gasteiger partial charge in [-0.2, -0.15) is 5.26 Å². The highest BCUT2D eigenvalue weighted by molar-refractivity contribution is 5.55. The Morgan fingerprint density at radius 3 is 3.10 bits per heavy atom. The molecular formula is C8H8N2. The normalized spacial score (nSPS) is 10.0. The molecule has 0 fully saturated rings. The lowest BCUT2D eigenvalue weighted by atomic mass is 10.2. The lowest BCUT2D eigenvalue weighted by molar-refractivity contribution is 1.33. The first-order valence-electron chi connectivity index (χ1n) is 3.08. The number of hydrogen-bond acceptors (Lipinski definition) is 1. The summed E-state index contributed by atoms with van der Waals surface area (Å²) in [5.41, 5.74) is 1.57. The molecule has 0 saturated heterocycles. The van der Waals surface area contributed by atoms with E-state index in [4.69, 9.17) is 5.26 Å². The third-order valence-electron chi connectivity index (χ3n) is 1.24. The van der Waals surface area contributed by atoms with Gasteiger partial charge in [-0.1, -0.05) is 12.2 Å². The smallest absolute Gasteiger partial charge is 0.124 e. The van der Waals surface area contributed by atoms with Gasteiger partial charge in [0.1, 0.15) is 11.8 Å². The first-order valence-corrected chi connectivity index (χ1v) is 3.08. The van der Waals surface area contributed by atoms with Gasteiger partial charge in [0.25, 0.3) is 0 Å². The SMILES string of the molecule is CC=Cc1cc[nH]c1C#N. The number of H-pyrrole nitrogens is 1. The molecule has 1 N–H and O–H groups in total. The number of nitrogens with one attached hydrogen (secondary N) is 1. The summed E-state index contributed by atoms with van der Waals surface area (Å²) in [6.45, 7) is 1.92. The van der Waals surface area contributed by atoms with Gasteiger partial charge in [-0.25, -0.2) is 0 Å². The van der Waals surface area contributed by atoms with Gasteiger partial charge in [0.2, 0.25) is 0 Å². The van der Waals surface area contributed by atoms with Crippen LogP contribution in [0.5, 0.6) is 0 Å². The molecule has 0 aromatic carbocycles. The molecule has 0 aliphatic heterocycles. The fourth-order valence-electron chi connectivity index (χ4n) is 0.797. The largest absolute Gasteiger partial charge is 0.353 e. The van der Waals surface area contributed by atoms with Gasteiger partial charge in [0.05, 0.1) is 0 Å². The van der Waals surface area contributed by atoms with Crippen LogP contribution in [0.15, 0.2) is 18.3 Å². The van der Waals surface area contributed by atoms with E-state index in [0.29, 0.717) is 5.69 Å². The molecule has 0 aliphatic carbocycles. The summed E-state index contributed by atoms with van der Waals surface area (Å²) in [7, 11) is 0. The van der Waals surface area contributed by atoms with Crippen molar-refractivity contribution < 1.29 is 0 Å². The Kier molecular flexibility index (Phi) is 1.91. The van der Waals surface area contributed by atoms with Crippen LogP contribution in [0.1, 0.15) is 18.2 Å². The highest BCUT2D eigenvalue weighted by Gasteiger charge is 1.95. The minimum absolute atomic E-state index is 0.623. The summed E-state index contributed by atoms with van der Waals surface area (Å²) in [5, 5.41) is 8.52. The maximum atomic E-state index is 8.52. The Hall–Kier alpha value is -1.49. The van der Waals surface area contributed by atoms with Crippen molar-refractivity contribution in [3.63, 3.8) is 0 Å². The Morgan fingerprint density at radius 1 is 1.70 bits per heavy atom. The standard InChI is InChI=1S/C8H8N2/c1-2-3-7-4-5-10-8(7)6-9/h2-5,10H,1H3. The van der Waals surface area contributed by atoms with E-state index in [2.05, 4.69) is 11.1 Å². The second-order valence-electron chi connectivity index (χ2n) is 1.92. The Bertz CT molecular complexity index is 276. The maximum Gasteiger partial charge on any atom is 0.124 e. The minimum Gasteiger partial charge on any atom is -0.353 e. The van der Waals surface area contributed by atoms with E-state index in [1.807, 2.05) is 25.1 Å². The first-order chi connectivity index (χ1) is 4.88. The Balaban J connectivity index is 3.04. The van der Waals surface area contributed by atoms with E-state index >= 15 is 0 Å². The highest BCUT2D eigenvalue weighted by atomic mass is 14.7. The zero-order valence-electron chi connectivity index (χ0n) is 5.76. The average Bonchev–Trinajstić information content (AvgIpc) is 2.36. The summed E-state index contributed by atoms with van der Waals surface area (Å²) in [5.74, 6) is 0. The third kappa shape index (κ3) is 1.08.